The zero-order chi connectivity index (χ0) is 12.7. The van der Waals surface area contributed by atoms with E-state index in [0.29, 0.717) is 18.5 Å². The number of ether oxygens (including phenoxy) is 1. The van der Waals surface area contributed by atoms with Crippen LogP contribution < -0.4 is 0 Å². The van der Waals surface area contributed by atoms with Crippen molar-refractivity contribution in [2.45, 2.75) is 52.0 Å². The Morgan fingerprint density at radius 1 is 1.35 bits per heavy atom. The third-order valence-electron chi connectivity index (χ3n) is 3.52. The van der Waals surface area contributed by atoms with Gasteiger partial charge in [0.2, 0.25) is 0 Å². The number of methoxy groups -OCH3 is 1. The standard InChI is InChI=1S/C14H27NO2/c1-12(2)8-9-15(10-14(16)11-17-3)13-6-4-5-7-13/h12-13H,4-11H2,1-3H3. The summed E-state index contributed by atoms with van der Waals surface area (Å²) in [5, 5.41) is 0. The molecule has 0 atom stereocenters. The highest BCUT2D eigenvalue weighted by atomic mass is 16.5. The quantitative estimate of drug-likeness (QED) is 0.654. The molecule has 0 N–H and O–H groups in total. The number of hydrogen-bond donors (Lipinski definition) is 0. The first kappa shape index (κ1) is 14.7. The first-order chi connectivity index (χ1) is 8.13. The second kappa shape index (κ2) is 7.83. The minimum atomic E-state index is 0.211. The lowest BCUT2D eigenvalue weighted by Gasteiger charge is -2.28. The molecule has 3 nitrogen and oxygen atoms in total. The zero-order valence-electron chi connectivity index (χ0n) is 11.6. The molecule has 0 radical (unpaired) electrons. The van der Waals surface area contributed by atoms with Crippen LogP contribution in [-0.4, -0.2) is 43.5 Å². The maximum atomic E-state index is 11.7. The van der Waals surface area contributed by atoms with Crippen LogP contribution in [0.2, 0.25) is 0 Å². The largest absolute Gasteiger partial charge is 0.377 e. The summed E-state index contributed by atoms with van der Waals surface area (Å²) in [5.41, 5.74) is 0. The number of carbonyl (C=O) groups is 1. The van der Waals surface area contributed by atoms with Crippen molar-refractivity contribution in [2.75, 3.05) is 26.8 Å². The highest BCUT2D eigenvalue weighted by Crippen LogP contribution is 2.24. The lowest BCUT2D eigenvalue weighted by molar-refractivity contribution is -0.124. The van der Waals surface area contributed by atoms with E-state index in [0.717, 1.165) is 6.54 Å². The Bertz CT molecular complexity index is 222. The summed E-state index contributed by atoms with van der Waals surface area (Å²) in [6, 6.07) is 0.634. The molecule has 0 bridgehead atoms. The van der Waals surface area contributed by atoms with Crippen molar-refractivity contribution < 1.29 is 9.53 Å². The molecule has 100 valence electrons. The van der Waals surface area contributed by atoms with Crippen molar-refractivity contribution in [1.29, 1.82) is 0 Å². The van der Waals surface area contributed by atoms with Crippen LogP contribution in [0.4, 0.5) is 0 Å². The van der Waals surface area contributed by atoms with E-state index in [1.165, 1.54) is 32.1 Å². The van der Waals surface area contributed by atoms with E-state index in [9.17, 15) is 4.79 Å². The van der Waals surface area contributed by atoms with Crippen LogP contribution in [-0.2, 0) is 9.53 Å². The Morgan fingerprint density at radius 3 is 2.53 bits per heavy atom. The van der Waals surface area contributed by atoms with Crippen molar-refractivity contribution in [3.05, 3.63) is 0 Å². The second-order valence-electron chi connectivity index (χ2n) is 5.56. The van der Waals surface area contributed by atoms with Crippen molar-refractivity contribution in [1.82, 2.24) is 4.90 Å². The van der Waals surface area contributed by atoms with Gasteiger partial charge in [0.1, 0.15) is 6.61 Å². The predicted molar refractivity (Wildman–Crippen MR) is 70.2 cm³/mol. The van der Waals surface area contributed by atoms with E-state index < -0.39 is 0 Å². The molecule has 0 amide bonds. The van der Waals surface area contributed by atoms with Crippen LogP contribution >= 0.6 is 0 Å². The normalized spacial score (nSPS) is 17.2. The predicted octanol–water partition coefficient (Wildman–Crippen LogP) is 2.49. The smallest absolute Gasteiger partial charge is 0.172 e. The Hall–Kier alpha value is -0.410. The molecule has 3 heteroatoms. The van der Waals surface area contributed by atoms with E-state index >= 15 is 0 Å². The molecule has 0 aromatic carbocycles. The molecule has 1 saturated carbocycles. The molecule has 0 unspecified atom stereocenters. The molecule has 17 heavy (non-hydrogen) atoms. The fourth-order valence-electron chi connectivity index (χ4n) is 2.52. The van der Waals surface area contributed by atoms with Crippen molar-refractivity contribution in [2.24, 2.45) is 5.92 Å². The van der Waals surface area contributed by atoms with Gasteiger partial charge in [0.25, 0.3) is 0 Å². The van der Waals surface area contributed by atoms with Crippen LogP contribution in [0, 0.1) is 5.92 Å². The minimum Gasteiger partial charge on any atom is -0.377 e. The summed E-state index contributed by atoms with van der Waals surface area (Å²) in [6.07, 6.45) is 6.34. The molecule has 1 aliphatic carbocycles. The molecule has 0 spiro atoms. The molecule has 0 heterocycles. The van der Waals surface area contributed by atoms with E-state index in [4.69, 9.17) is 4.74 Å². The number of hydrogen-bond acceptors (Lipinski definition) is 3. The van der Waals surface area contributed by atoms with Gasteiger partial charge in [-0.2, -0.15) is 0 Å². The van der Waals surface area contributed by atoms with Gasteiger partial charge in [-0.1, -0.05) is 26.7 Å². The molecule has 0 saturated heterocycles. The number of nitrogens with zero attached hydrogens (tertiary/aromatic N) is 1. The molecule has 0 aromatic rings. The zero-order valence-corrected chi connectivity index (χ0v) is 11.6. The summed E-state index contributed by atoms with van der Waals surface area (Å²) >= 11 is 0. The Kier molecular flexibility index (Phi) is 6.75. The maximum Gasteiger partial charge on any atom is 0.172 e. The first-order valence-corrected chi connectivity index (χ1v) is 6.88. The summed E-state index contributed by atoms with van der Waals surface area (Å²) in [5.74, 6) is 0.916. The van der Waals surface area contributed by atoms with Gasteiger partial charge >= 0.3 is 0 Å². The topological polar surface area (TPSA) is 29.5 Å². The lowest BCUT2D eigenvalue weighted by Crippen LogP contribution is -2.39. The van der Waals surface area contributed by atoms with Gasteiger partial charge < -0.3 is 4.74 Å². The molecular weight excluding hydrogens is 214 g/mol. The average Bonchev–Trinajstić information content (AvgIpc) is 2.77. The highest BCUT2D eigenvalue weighted by Gasteiger charge is 2.24. The van der Waals surface area contributed by atoms with Gasteiger partial charge in [-0.25, -0.2) is 0 Å². The van der Waals surface area contributed by atoms with Gasteiger partial charge in [-0.3, -0.25) is 9.69 Å². The SMILES string of the molecule is COCC(=O)CN(CCC(C)C)C1CCCC1. The van der Waals surface area contributed by atoms with Crippen LogP contribution in [0.15, 0.2) is 0 Å². The minimum absolute atomic E-state index is 0.211. The van der Waals surface area contributed by atoms with Gasteiger partial charge in [0.15, 0.2) is 5.78 Å². The number of ketones is 1. The number of carbonyl (C=O) groups excluding carboxylic acids is 1. The summed E-state index contributed by atoms with van der Waals surface area (Å²) in [4.78, 5) is 14.1. The molecular formula is C14H27NO2. The van der Waals surface area contributed by atoms with Gasteiger partial charge in [-0.15, -0.1) is 0 Å². The number of rotatable bonds is 8. The molecule has 1 aliphatic rings. The first-order valence-electron chi connectivity index (χ1n) is 6.88. The fourth-order valence-corrected chi connectivity index (χ4v) is 2.52. The third kappa shape index (κ3) is 5.64. The Morgan fingerprint density at radius 2 is 2.00 bits per heavy atom. The maximum absolute atomic E-state index is 11.7. The molecule has 1 rings (SSSR count). The van der Waals surface area contributed by atoms with Crippen LogP contribution in [0.1, 0.15) is 46.0 Å². The highest BCUT2D eigenvalue weighted by molar-refractivity contribution is 5.81. The third-order valence-corrected chi connectivity index (χ3v) is 3.52. The van der Waals surface area contributed by atoms with Crippen LogP contribution in [0.3, 0.4) is 0 Å². The number of Topliss-reactive ketones (excluding diaryl/α,β-unsaturated/α-hetero) is 1. The van der Waals surface area contributed by atoms with Gasteiger partial charge in [0, 0.05) is 13.2 Å². The van der Waals surface area contributed by atoms with Crippen molar-refractivity contribution in [3.63, 3.8) is 0 Å². The summed E-state index contributed by atoms with van der Waals surface area (Å²) < 4.78 is 4.92. The van der Waals surface area contributed by atoms with E-state index in [1.54, 1.807) is 7.11 Å². The average molecular weight is 241 g/mol. The Balaban J connectivity index is 2.42. The van der Waals surface area contributed by atoms with Gasteiger partial charge in [0.05, 0.1) is 6.54 Å². The van der Waals surface area contributed by atoms with E-state index in [2.05, 4.69) is 18.7 Å². The molecule has 1 fully saturated rings. The lowest BCUT2D eigenvalue weighted by atomic mass is 10.1. The van der Waals surface area contributed by atoms with E-state index in [-0.39, 0.29) is 12.4 Å². The summed E-state index contributed by atoms with van der Waals surface area (Å²) in [7, 11) is 1.59. The molecule has 0 aliphatic heterocycles. The van der Waals surface area contributed by atoms with Crippen LogP contribution in [0.25, 0.3) is 0 Å². The van der Waals surface area contributed by atoms with E-state index in [1.807, 2.05) is 0 Å². The fraction of sp³-hybridized carbons (Fsp3) is 0.929. The Labute approximate surface area is 106 Å². The summed E-state index contributed by atoms with van der Waals surface area (Å²) in [6.45, 7) is 6.36. The van der Waals surface area contributed by atoms with Crippen LogP contribution in [0.5, 0.6) is 0 Å². The van der Waals surface area contributed by atoms with Crippen molar-refractivity contribution in [3.8, 4) is 0 Å². The second-order valence-corrected chi connectivity index (χ2v) is 5.56. The monoisotopic (exact) mass is 241 g/mol. The van der Waals surface area contributed by atoms with Gasteiger partial charge in [-0.05, 0) is 31.7 Å². The molecule has 0 aromatic heterocycles. The van der Waals surface area contributed by atoms with Crippen molar-refractivity contribution >= 4 is 5.78 Å².